The monoisotopic (exact) mass is 629 g/mol. The fraction of sp³-hybridized carbons (Fsp3) is 0.0938. The summed E-state index contributed by atoms with van der Waals surface area (Å²) in [7, 11) is 1.57. The topological polar surface area (TPSA) is 96.5 Å². The first-order valence-electron chi connectivity index (χ1n) is 12.7. The highest BCUT2D eigenvalue weighted by Crippen LogP contribution is 2.27. The van der Waals surface area contributed by atoms with Gasteiger partial charge in [0, 0.05) is 32.4 Å². The molecule has 1 atom stereocenters. The van der Waals surface area contributed by atoms with Crippen LogP contribution in [0.5, 0.6) is 5.75 Å². The van der Waals surface area contributed by atoms with Gasteiger partial charge in [-0.3, -0.25) is 14.4 Å². The van der Waals surface area contributed by atoms with Crippen LogP contribution in [0.25, 0.3) is 6.08 Å². The molecule has 0 heterocycles. The minimum absolute atomic E-state index is 0.0882. The van der Waals surface area contributed by atoms with Gasteiger partial charge in [-0.2, -0.15) is 0 Å². The number of halogens is 1. The largest absolute Gasteiger partial charge is 0.497 e. The van der Waals surface area contributed by atoms with E-state index in [4.69, 9.17) is 4.74 Å². The van der Waals surface area contributed by atoms with Gasteiger partial charge in [-0.05, 0) is 73.2 Å². The molecule has 0 spiro atoms. The predicted octanol–water partition coefficient (Wildman–Crippen LogP) is 6.99. The molecule has 0 fully saturated rings. The number of rotatable bonds is 10. The molecule has 0 radical (unpaired) electrons. The smallest absolute Gasteiger partial charge is 0.272 e. The van der Waals surface area contributed by atoms with Crippen molar-refractivity contribution >= 4 is 62.9 Å². The molecule has 4 aromatic carbocycles. The lowest BCUT2D eigenvalue weighted by Crippen LogP contribution is -2.30. The number of anilines is 2. The van der Waals surface area contributed by atoms with Crippen molar-refractivity contribution in [2.24, 2.45) is 0 Å². The second kappa shape index (κ2) is 14.3. The molecule has 208 valence electrons. The van der Waals surface area contributed by atoms with Gasteiger partial charge in [0.15, 0.2) is 0 Å². The zero-order valence-corrected chi connectivity index (χ0v) is 24.8. The highest BCUT2D eigenvalue weighted by molar-refractivity contribution is 9.10. The van der Waals surface area contributed by atoms with Crippen molar-refractivity contribution in [1.82, 2.24) is 5.32 Å². The molecular weight excluding hydrogens is 602 g/mol. The van der Waals surface area contributed by atoms with Crippen molar-refractivity contribution in [3.63, 3.8) is 0 Å². The Bertz CT molecular complexity index is 1560. The lowest BCUT2D eigenvalue weighted by Gasteiger charge is -2.14. The molecule has 0 bridgehead atoms. The summed E-state index contributed by atoms with van der Waals surface area (Å²) in [6, 6.07) is 30.4. The molecule has 4 rings (SSSR count). The molecule has 0 aromatic heterocycles. The summed E-state index contributed by atoms with van der Waals surface area (Å²) < 4.78 is 6.11. The standard InChI is InChI=1S/C32H28BrN3O4S/c1-21(30(37)34-25-10-6-12-27(19-25)40-2)41-28-13-7-11-26(20-28)35-32(39)29(18-22-14-16-24(33)17-15-22)36-31(38)23-8-4-3-5-9-23/h3-21H,1-2H3,(H,34,37)(H,35,39)(H,36,38)/b29-18-. The average Bonchev–Trinajstić information content (AvgIpc) is 2.98. The van der Waals surface area contributed by atoms with Crippen LogP contribution < -0.4 is 20.7 Å². The third kappa shape index (κ3) is 8.83. The number of ether oxygens (including phenoxy) is 1. The van der Waals surface area contributed by atoms with Crippen LogP contribution in [0.4, 0.5) is 11.4 Å². The van der Waals surface area contributed by atoms with E-state index >= 15 is 0 Å². The number of amides is 3. The first-order chi connectivity index (χ1) is 19.8. The maximum absolute atomic E-state index is 13.4. The van der Waals surface area contributed by atoms with Gasteiger partial charge < -0.3 is 20.7 Å². The van der Waals surface area contributed by atoms with Crippen molar-refractivity contribution in [2.75, 3.05) is 17.7 Å². The minimum Gasteiger partial charge on any atom is -0.497 e. The molecular formula is C32H28BrN3O4S. The fourth-order valence-corrected chi connectivity index (χ4v) is 4.91. The number of benzene rings is 4. The first-order valence-corrected chi connectivity index (χ1v) is 14.3. The van der Waals surface area contributed by atoms with E-state index in [-0.39, 0.29) is 11.6 Å². The van der Waals surface area contributed by atoms with Gasteiger partial charge in [0.25, 0.3) is 11.8 Å². The van der Waals surface area contributed by atoms with Gasteiger partial charge in [0.1, 0.15) is 11.4 Å². The minimum atomic E-state index is -0.483. The zero-order valence-electron chi connectivity index (χ0n) is 22.4. The lowest BCUT2D eigenvalue weighted by atomic mass is 10.1. The highest BCUT2D eigenvalue weighted by Gasteiger charge is 2.17. The van der Waals surface area contributed by atoms with Gasteiger partial charge in [-0.1, -0.05) is 58.4 Å². The summed E-state index contributed by atoms with van der Waals surface area (Å²) in [5, 5.41) is 8.09. The molecule has 9 heteroatoms. The van der Waals surface area contributed by atoms with Gasteiger partial charge in [0.05, 0.1) is 12.4 Å². The van der Waals surface area contributed by atoms with E-state index < -0.39 is 17.1 Å². The summed E-state index contributed by atoms with van der Waals surface area (Å²) in [5.41, 5.74) is 2.43. The predicted molar refractivity (Wildman–Crippen MR) is 168 cm³/mol. The van der Waals surface area contributed by atoms with E-state index in [2.05, 4.69) is 31.9 Å². The summed E-state index contributed by atoms with van der Waals surface area (Å²) >= 11 is 4.77. The highest BCUT2D eigenvalue weighted by atomic mass is 79.9. The molecule has 4 aromatic rings. The van der Waals surface area contributed by atoms with E-state index in [9.17, 15) is 14.4 Å². The maximum atomic E-state index is 13.4. The Kier molecular flexibility index (Phi) is 10.4. The van der Waals surface area contributed by atoms with Gasteiger partial charge in [-0.15, -0.1) is 11.8 Å². The summed E-state index contributed by atoms with van der Waals surface area (Å²) in [6.45, 7) is 1.81. The van der Waals surface area contributed by atoms with E-state index in [0.717, 1.165) is 14.9 Å². The van der Waals surface area contributed by atoms with E-state index in [1.54, 1.807) is 79.9 Å². The van der Waals surface area contributed by atoms with E-state index in [0.29, 0.717) is 22.7 Å². The second-order valence-corrected chi connectivity index (χ2v) is 11.2. The molecule has 7 nitrogen and oxygen atoms in total. The quantitative estimate of drug-likeness (QED) is 0.130. The number of thioether (sulfide) groups is 1. The summed E-state index contributed by atoms with van der Waals surface area (Å²) in [4.78, 5) is 39.8. The molecule has 0 aliphatic carbocycles. The van der Waals surface area contributed by atoms with Crippen LogP contribution in [-0.4, -0.2) is 30.1 Å². The molecule has 3 amide bonds. The normalized spacial score (nSPS) is 11.7. The van der Waals surface area contributed by atoms with Crippen LogP contribution in [0.3, 0.4) is 0 Å². The van der Waals surface area contributed by atoms with E-state index in [1.165, 1.54) is 11.8 Å². The van der Waals surface area contributed by atoms with Crippen LogP contribution >= 0.6 is 27.7 Å². The number of carbonyl (C=O) groups is 3. The average molecular weight is 631 g/mol. The number of methoxy groups -OCH3 is 1. The Balaban J connectivity index is 1.47. The molecule has 0 saturated carbocycles. The third-order valence-corrected chi connectivity index (χ3v) is 7.44. The SMILES string of the molecule is COc1cccc(NC(=O)C(C)Sc2cccc(NC(=O)/C(=C/c3ccc(Br)cc3)NC(=O)c3ccccc3)c2)c1. The maximum Gasteiger partial charge on any atom is 0.272 e. The first kappa shape index (κ1) is 29.6. The third-order valence-electron chi connectivity index (χ3n) is 5.82. The Hall–Kier alpha value is -4.34. The Morgan fingerprint density at radius 2 is 1.51 bits per heavy atom. The second-order valence-electron chi connectivity index (χ2n) is 8.89. The van der Waals surface area contributed by atoms with Crippen molar-refractivity contribution in [3.8, 4) is 5.75 Å². The zero-order chi connectivity index (χ0) is 29.2. The van der Waals surface area contributed by atoms with Crippen molar-refractivity contribution in [1.29, 1.82) is 0 Å². The number of nitrogens with one attached hydrogen (secondary N) is 3. The molecule has 0 aliphatic rings. The summed E-state index contributed by atoms with van der Waals surface area (Å²) in [6.07, 6.45) is 1.62. The van der Waals surface area contributed by atoms with Crippen LogP contribution in [-0.2, 0) is 9.59 Å². The molecule has 1 unspecified atom stereocenters. The van der Waals surface area contributed by atoms with Gasteiger partial charge in [0.2, 0.25) is 5.91 Å². The lowest BCUT2D eigenvalue weighted by molar-refractivity contribution is -0.115. The summed E-state index contributed by atoms with van der Waals surface area (Å²) in [5.74, 6) is -0.395. The van der Waals surface area contributed by atoms with Crippen LogP contribution in [0, 0.1) is 0 Å². The van der Waals surface area contributed by atoms with Crippen molar-refractivity contribution in [3.05, 3.63) is 124 Å². The Labute approximate surface area is 251 Å². The van der Waals surface area contributed by atoms with Crippen LogP contribution in [0.1, 0.15) is 22.8 Å². The van der Waals surface area contributed by atoms with Crippen molar-refractivity contribution in [2.45, 2.75) is 17.1 Å². The fourth-order valence-electron chi connectivity index (χ4n) is 3.72. The van der Waals surface area contributed by atoms with E-state index in [1.807, 2.05) is 43.3 Å². The van der Waals surface area contributed by atoms with Gasteiger partial charge in [-0.25, -0.2) is 0 Å². The molecule has 41 heavy (non-hydrogen) atoms. The number of hydrogen-bond donors (Lipinski definition) is 3. The molecule has 0 aliphatic heterocycles. The van der Waals surface area contributed by atoms with Crippen LogP contribution in [0.15, 0.2) is 118 Å². The number of carbonyl (C=O) groups excluding carboxylic acids is 3. The van der Waals surface area contributed by atoms with Crippen molar-refractivity contribution < 1.29 is 19.1 Å². The molecule has 3 N–H and O–H groups in total. The Morgan fingerprint density at radius 3 is 2.22 bits per heavy atom. The number of hydrogen-bond acceptors (Lipinski definition) is 5. The Morgan fingerprint density at radius 1 is 0.829 bits per heavy atom. The van der Waals surface area contributed by atoms with Gasteiger partial charge >= 0.3 is 0 Å². The van der Waals surface area contributed by atoms with Crippen LogP contribution in [0.2, 0.25) is 0 Å². The molecule has 0 saturated heterocycles.